The van der Waals surface area contributed by atoms with Gasteiger partial charge in [0.15, 0.2) is 0 Å². The summed E-state index contributed by atoms with van der Waals surface area (Å²) < 4.78 is 0. The molecule has 0 aliphatic heterocycles. The molecule has 1 unspecified atom stereocenters. The zero-order valence-corrected chi connectivity index (χ0v) is 12.7. The van der Waals surface area contributed by atoms with Crippen LogP contribution in [0.15, 0.2) is 5.38 Å². The standard InChI is InChI=1S/C15H26N2S/c1-11(14-8-6-4-5-7-9-14)16-12(2)15-10-18-13(3)17-15/h10-12,14,16H,4-9H2,1-3H3/t11-,12?/m0/s1. The molecule has 3 heteroatoms. The van der Waals surface area contributed by atoms with Gasteiger partial charge in [0.1, 0.15) is 0 Å². The van der Waals surface area contributed by atoms with Crippen molar-refractivity contribution in [3.8, 4) is 0 Å². The lowest BCUT2D eigenvalue weighted by Crippen LogP contribution is -2.35. The summed E-state index contributed by atoms with van der Waals surface area (Å²) in [6.45, 7) is 6.67. The summed E-state index contributed by atoms with van der Waals surface area (Å²) in [4.78, 5) is 4.58. The minimum atomic E-state index is 0.383. The van der Waals surface area contributed by atoms with Crippen molar-refractivity contribution in [2.75, 3.05) is 0 Å². The molecule has 2 atom stereocenters. The maximum atomic E-state index is 4.58. The average Bonchev–Trinajstić information content (AvgIpc) is 2.63. The Morgan fingerprint density at radius 3 is 2.44 bits per heavy atom. The Morgan fingerprint density at radius 1 is 1.22 bits per heavy atom. The van der Waals surface area contributed by atoms with Gasteiger partial charge < -0.3 is 5.32 Å². The van der Waals surface area contributed by atoms with Gasteiger partial charge in [-0.1, -0.05) is 25.7 Å². The van der Waals surface area contributed by atoms with E-state index in [4.69, 9.17) is 0 Å². The Bertz CT molecular complexity index is 353. The third-order valence-corrected chi connectivity index (χ3v) is 4.99. The van der Waals surface area contributed by atoms with Crippen LogP contribution in [0.4, 0.5) is 0 Å². The van der Waals surface area contributed by atoms with Gasteiger partial charge in [-0.05, 0) is 39.5 Å². The lowest BCUT2D eigenvalue weighted by molar-refractivity contribution is 0.315. The largest absolute Gasteiger partial charge is 0.306 e. The van der Waals surface area contributed by atoms with Crippen molar-refractivity contribution in [2.45, 2.75) is 71.4 Å². The lowest BCUT2D eigenvalue weighted by atomic mass is 9.92. The van der Waals surface area contributed by atoms with E-state index in [1.54, 1.807) is 11.3 Å². The second-order valence-corrected chi connectivity index (χ2v) is 6.78. The van der Waals surface area contributed by atoms with Gasteiger partial charge in [-0.3, -0.25) is 0 Å². The number of aryl methyl sites for hydroxylation is 1. The van der Waals surface area contributed by atoms with Crippen LogP contribution in [0, 0.1) is 12.8 Å². The van der Waals surface area contributed by atoms with Crippen LogP contribution >= 0.6 is 11.3 Å². The van der Waals surface area contributed by atoms with Gasteiger partial charge in [-0.25, -0.2) is 4.98 Å². The molecule has 0 radical (unpaired) electrons. The Balaban J connectivity index is 1.87. The van der Waals surface area contributed by atoms with E-state index in [0.29, 0.717) is 12.1 Å². The van der Waals surface area contributed by atoms with Crippen molar-refractivity contribution < 1.29 is 0 Å². The third-order valence-electron chi connectivity index (χ3n) is 4.20. The van der Waals surface area contributed by atoms with Gasteiger partial charge in [0.2, 0.25) is 0 Å². The minimum absolute atomic E-state index is 0.383. The second kappa shape index (κ2) is 6.67. The molecule has 0 spiro atoms. The maximum absolute atomic E-state index is 4.58. The number of nitrogens with one attached hydrogen (secondary N) is 1. The Morgan fingerprint density at radius 2 is 1.89 bits per heavy atom. The Kier molecular flexibility index (Phi) is 5.19. The number of nitrogens with zero attached hydrogens (tertiary/aromatic N) is 1. The highest BCUT2D eigenvalue weighted by molar-refractivity contribution is 7.09. The molecule has 1 aliphatic carbocycles. The number of rotatable bonds is 4. The van der Waals surface area contributed by atoms with E-state index in [9.17, 15) is 0 Å². The molecular weight excluding hydrogens is 240 g/mol. The molecule has 1 aromatic rings. The summed E-state index contributed by atoms with van der Waals surface area (Å²) in [5, 5.41) is 7.11. The molecule has 0 bridgehead atoms. The first kappa shape index (κ1) is 14.0. The van der Waals surface area contributed by atoms with Gasteiger partial charge in [-0.15, -0.1) is 11.3 Å². The molecule has 2 nitrogen and oxygen atoms in total. The molecule has 0 saturated heterocycles. The van der Waals surface area contributed by atoms with Crippen LogP contribution in [0.1, 0.15) is 69.1 Å². The normalized spacial score (nSPS) is 21.5. The van der Waals surface area contributed by atoms with Crippen LogP contribution < -0.4 is 5.32 Å². The Labute approximate surface area is 115 Å². The van der Waals surface area contributed by atoms with Crippen LogP contribution in [0.5, 0.6) is 0 Å². The summed E-state index contributed by atoms with van der Waals surface area (Å²) in [5.41, 5.74) is 1.21. The Hall–Kier alpha value is -0.410. The van der Waals surface area contributed by atoms with E-state index >= 15 is 0 Å². The van der Waals surface area contributed by atoms with Crippen molar-refractivity contribution in [3.63, 3.8) is 0 Å². The summed E-state index contributed by atoms with van der Waals surface area (Å²) in [7, 11) is 0. The molecule has 102 valence electrons. The summed E-state index contributed by atoms with van der Waals surface area (Å²) >= 11 is 1.75. The van der Waals surface area contributed by atoms with Crippen LogP contribution in [0.2, 0.25) is 0 Å². The van der Waals surface area contributed by atoms with Crippen molar-refractivity contribution >= 4 is 11.3 Å². The van der Waals surface area contributed by atoms with Gasteiger partial charge in [0.25, 0.3) is 0 Å². The average molecular weight is 266 g/mol. The van der Waals surface area contributed by atoms with Gasteiger partial charge in [-0.2, -0.15) is 0 Å². The van der Waals surface area contributed by atoms with E-state index in [1.165, 1.54) is 49.2 Å². The SMILES string of the molecule is Cc1nc(C(C)N[C@@H](C)C2CCCCCC2)cs1. The fourth-order valence-corrected chi connectivity index (χ4v) is 3.71. The van der Waals surface area contributed by atoms with Crippen LogP contribution in [-0.4, -0.2) is 11.0 Å². The summed E-state index contributed by atoms with van der Waals surface area (Å²) in [6.07, 6.45) is 8.50. The molecule has 1 fully saturated rings. The van der Waals surface area contributed by atoms with Gasteiger partial charge >= 0.3 is 0 Å². The fraction of sp³-hybridized carbons (Fsp3) is 0.800. The van der Waals surface area contributed by atoms with Crippen molar-refractivity contribution in [1.29, 1.82) is 0 Å². The van der Waals surface area contributed by atoms with E-state index in [1.807, 2.05) is 0 Å². The maximum Gasteiger partial charge on any atom is 0.0898 e. The topological polar surface area (TPSA) is 24.9 Å². The van der Waals surface area contributed by atoms with Crippen molar-refractivity contribution in [3.05, 3.63) is 16.1 Å². The van der Waals surface area contributed by atoms with Crippen LogP contribution in [0.3, 0.4) is 0 Å². The first-order chi connectivity index (χ1) is 8.66. The highest BCUT2D eigenvalue weighted by Gasteiger charge is 2.21. The molecule has 1 aliphatic rings. The first-order valence-electron chi connectivity index (χ1n) is 7.35. The molecule has 18 heavy (non-hydrogen) atoms. The summed E-state index contributed by atoms with van der Waals surface area (Å²) in [5.74, 6) is 0.856. The predicted octanol–water partition coefficient (Wildman–Crippen LogP) is 4.46. The van der Waals surface area contributed by atoms with E-state index < -0.39 is 0 Å². The van der Waals surface area contributed by atoms with Crippen molar-refractivity contribution in [2.24, 2.45) is 5.92 Å². The molecule has 2 rings (SSSR count). The number of thiazole rings is 1. The predicted molar refractivity (Wildman–Crippen MR) is 79.1 cm³/mol. The number of hydrogen-bond donors (Lipinski definition) is 1. The van der Waals surface area contributed by atoms with Gasteiger partial charge in [0, 0.05) is 17.5 Å². The lowest BCUT2D eigenvalue weighted by Gasteiger charge is -2.26. The molecule has 1 aromatic heterocycles. The molecule has 1 saturated carbocycles. The molecular formula is C15H26N2S. The number of aromatic nitrogens is 1. The molecule has 0 aromatic carbocycles. The van der Waals surface area contributed by atoms with E-state index in [2.05, 4.69) is 36.5 Å². The molecule has 1 heterocycles. The van der Waals surface area contributed by atoms with Crippen molar-refractivity contribution in [1.82, 2.24) is 10.3 Å². The van der Waals surface area contributed by atoms with Crippen LogP contribution in [-0.2, 0) is 0 Å². The monoisotopic (exact) mass is 266 g/mol. The van der Waals surface area contributed by atoms with E-state index in [-0.39, 0.29) is 0 Å². The fourth-order valence-electron chi connectivity index (χ4n) is 3.01. The third kappa shape index (κ3) is 3.79. The molecule has 1 N–H and O–H groups in total. The second-order valence-electron chi connectivity index (χ2n) is 5.72. The highest BCUT2D eigenvalue weighted by atomic mass is 32.1. The van der Waals surface area contributed by atoms with Gasteiger partial charge in [0.05, 0.1) is 10.7 Å². The smallest absolute Gasteiger partial charge is 0.0898 e. The zero-order chi connectivity index (χ0) is 13.0. The summed E-state index contributed by atoms with van der Waals surface area (Å²) in [6, 6.07) is 0.994. The molecule has 0 amide bonds. The minimum Gasteiger partial charge on any atom is -0.306 e. The zero-order valence-electron chi connectivity index (χ0n) is 11.9. The van der Waals surface area contributed by atoms with E-state index in [0.717, 1.165) is 5.92 Å². The quantitative estimate of drug-likeness (QED) is 0.814. The van der Waals surface area contributed by atoms with Crippen LogP contribution in [0.25, 0.3) is 0 Å². The highest BCUT2D eigenvalue weighted by Crippen LogP contribution is 2.27. The first-order valence-corrected chi connectivity index (χ1v) is 8.23. The number of hydrogen-bond acceptors (Lipinski definition) is 3.